The summed E-state index contributed by atoms with van der Waals surface area (Å²) < 4.78 is 4.91. The zero-order valence-corrected chi connectivity index (χ0v) is 11.7. The molecule has 20 heavy (non-hydrogen) atoms. The van der Waals surface area contributed by atoms with Crippen LogP contribution in [0.4, 0.5) is 5.69 Å². The molecule has 0 aliphatic rings. The summed E-state index contributed by atoms with van der Waals surface area (Å²) in [5, 5.41) is 0.889. The van der Waals surface area contributed by atoms with Crippen molar-refractivity contribution in [2.24, 2.45) is 0 Å². The standard InChI is InChI=1S/C15H18N2O3/c1-3-20-15(19)6-7-17(2)12-4-5-14-13(8-12)11(10-18)9-16-14/h4-5,8-10,16H,3,6-7H2,1-2H3. The van der Waals surface area contributed by atoms with Crippen molar-refractivity contribution in [2.45, 2.75) is 13.3 Å². The zero-order chi connectivity index (χ0) is 14.5. The van der Waals surface area contributed by atoms with Crippen LogP contribution in [0.3, 0.4) is 0 Å². The molecule has 0 aliphatic carbocycles. The molecule has 0 amide bonds. The number of rotatable bonds is 6. The van der Waals surface area contributed by atoms with Crippen LogP contribution >= 0.6 is 0 Å². The number of carbonyl (C=O) groups is 2. The molecule has 5 nitrogen and oxygen atoms in total. The molecule has 0 unspecified atom stereocenters. The van der Waals surface area contributed by atoms with Gasteiger partial charge in [-0.2, -0.15) is 0 Å². The monoisotopic (exact) mass is 274 g/mol. The van der Waals surface area contributed by atoms with Crippen LogP contribution in [-0.2, 0) is 9.53 Å². The Bertz CT molecular complexity index is 619. The lowest BCUT2D eigenvalue weighted by atomic mass is 10.1. The maximum atomic E-state index is 11.4. The van der Waals surface area contributed by atoms with Crippen molar-refractivity contribution in [3.05, 3.63) is 30.0 Å². The topological polar surface area (TPSA) is 62.4 Å². The molecule has 0 fully saturated rings. The summed E-state index contributed by atoms with van der Waals surface area (Å²) in [5.41, 5.74) is 2.53. The quantitative estimate of drug-likeness (QED) is 0.649. The molecule has 0 atom stereocenters. The Labute approximate surface area is 117 Å². The fraction of sp³-hybridized carbons (Fsp3) is 0.333. The average molecular weight is 274 g/mol. The molecule has 0 bridgehead atoms. The van der Waals surface area contributed by atoms with Gasteiger partial charge in [0.1, 0.15) is 0 Å². The summed E-state index contributed by atoms with van der Waals surface area (Å²) in [6, 6.07) is 5.83. The summed E-state index contributed by atoms with van der Waals surface area (Å²) in [6.45, 7) is 2.77. The Morgan fingerprint density at radius 2 is 2.25 bits per heavy atom. The van der Waals surface area contributed by atoms with E-state index in [1.165, 1.54) is 0 Å². The summed E-state index contributed by atoms with van der Waals surface area (Å²) in [7, 11) is 1.91. The normalized spacial score (nSPS) is 10.5. The van der Waals surface area contributed by atoms with Gasteiger partial charge in [0.05, 0.1) is 13.0 Å². The summed E-state index contributed by atoms with van der Waals surface area (Å²) in [5.74, 6) is -0.198. The van der Waals surface area contributed by atoms with Gasteiger partial charge in [-0.15, -0.1) is 0 Å². The maximum absolute atomic E-state index is 11.4. The number of nitrogens with one attached hydrogen (secondary N) is 1. The number of aldehydes is 1. The van der Waals surface area contributed by atoms with Crippen molar-refractivity contribution in [1.82, 2.24) is 4.98 Å². The Morgan fingerprint density at radius 1 is 1.45 bits per heavy atom. The van der Waals surface area contributed by atoms with Gasteiger partial charge in [-0.1, -0.05) is 0 Å². The fourth-order valence-corrected chi connectivity index (χ4v) is 2.09. The lowest BCUT2D eigenvalue weighted by molar-refractivity contribution is -0.142. The summed E-state index contributed by atoms with van der Waals surface area (Å²) in [6.07, 6.45) is 2.87. The van der Waals surface area contributed by atoms with Crippen LogP contribution in [0.1, 0.15) is 23.7 Å². The van der Waals surface area contributed by atoms with Crippen LogP contribution in [-0.4, -0.2) is 37.4 Å². The third-order valence-corrected chi connectivity index (χ3v) is 3.22. The first-order valence-corrected chi connectivity index (χ1v) is 6.58. The van der Waals surface area contributed by atoms with E-state index in [0.717, 1.165) is 22.9 Å². The highest BCUT2D eigenvalue weighted by Gasteiger charge is 2.08. The van der Waals surface area contributed by atoms with Crippen molar-refractivity contribution in [2.75, 3.05) is 25.1 Å². The maximum Gasteiger partial charge on any atom is 0.307 e. The SMILES string of the molecule is CCOC(=O)CCN(C)c1ccc2[nH]cc(C=O)c2c1. The molecule has 0 saturated carbocycles. The van der Waals surface area contributed by atoms with Crippen molar-refractivity contribution < 1.29 is 14.3 Å². The van der Waals surface area contributed by atoms with E-state index in [4.69, 9.17) is 4.74 Å². The fourth-order valence-electron chi connectivity index (χ4n) is 2.09. The van der Waals surface area contributed by atoms with Crippen LogP contribution in [0, 0.1) is 0 Å². The molecule has 0 radical (unpaired) electrons. The Kier molecular flexibility index (Phi) is 4.40. The Balaban J connectivity index is 2.11. The number of benzene rings is 1. The second kappa shape index (κ2) is 6.23. The smallest absolute Gasteiger partial charge is 0.307 e. The molecule has 1 aromatic heterocycles. The predicted octanol–water partition coefficient (Wildman–Crippen LogP) is 2.37. The minimum Gasteiger partial charge on any atom is -0.466 e. The molecule has 0 saturated heterocycles. The number of hydrogen-bond acceptors (Lipinski definition) is 4. The van der Waals surface area contributed by atoms with Gasteiger partial charge in [0.15, 0.2) is 6.29 Å². The largest absolute Gasteiger partial charge is 0.466 e. The predicted molar refractivity (Wildman–Crippen MR) is 78.2 cm³/mol. The first-order valence-electron chi connectivity index (χ1n) is 6.58. The Morgan fingerprint density at radius 3 is 2.95 bits per heavy atom. The third-order valence-electron chi connectivity index (χ3n) is 3.22. The second-order valence-electron chi connectivity index (χ2n) is 4.57. The number of aromatic amines is 1. The van der Waals surface area contributed by atoms with Gasteiger partial charge >= 0.3 is 5.97 Å². The number of anilines is 1. The van der Waals surface area contributed by atoms with E-state index in [9.17, 15) is 9.59 Å². The molecule has 106 valence electrons. The summed E-state index contributed by atoms with van der Waals surface area (Å²) in [4.78, 5) is 27.3. The van der Waals surface area contributed by atoms with Crippen LogP contribution in [0.25, 0.3) is 10.9 Å². The van der Waals surface area contributed by atoms with E-state index in [1.54, 1.807) is 13.1 Å². The molecule has 1 aromatic carbocycles. The van der Waals surface area contributed by atoms with Crippen LogP contribution in [0.2, 0.25) is 0 Å². The highest BCUT2D eigenvalue weighted by Crippen LogP contribution is 2.23. The number of aromatic nitrogens is 1. The van der Waals surface area contributed by atoms with Gasteiger partial charge in [0, 0.05) is 41.9 Å². The highest BCUT2D eigenvalue weighted by atomic mass is 16.5. The van der Waals surface area contributed by atoms with E-state index in [2.05, 4.69) is 4.98 Å². The van der Waals surface area contributed by atoms with Gasteiger partial charge in [-0.3, -0.25) is 9.59 Å². The molecule has 1 heterocycles. The number of fused-ring (bicyclic) bond motifs is 1. The molecule has 2 rings (SSSR count). The molecule has 0 spiro atoms. The zero-order valence-electron chi connectivity index (χ0n) is 11.7. The van der Waals surface area contributed by atoms with Gasteiger partial charge in [0.2, 0.25) is 0 Å². The number of hydrogen-bond donors (Lipinski definition) is 1. The molecular weight excluding hydrogens is 256 g/mol. The number of H-pyrrole nitrogens is 1. The first-order chi connectivity index (χ1) is 9.65. The second-order valence-corrected chi connectivity index (χ2v) is 4.57. The molecule has 5 heteroatoms. The Hall–Kier alpha value is -2.30. The van der Waals surface area contributed by atoms with Gasteiger partial charge in [-0.05, 0) is 25.1 Å². The highest BCUT2D eigenvalue weighted by molar-refractivity contribution is 5.98. The third kappa shape index (κ3) is 2.99. The van der Waals surface area contributed by atoms with Crippen molar-refractivity contribution in [1.29, 1.82) is 0 Å². The number of esters is 1. The van der Waals surface area contributed by atoms with Crippen molar-refractivity contribution >= 4 is 28.8 Å². The van der Waals surface area contributed by atoms with E-state index < -0.39 is 0 Å². The van der Waals surface area contributed by atoms with E-state index in [0.29, 0.717) is 25.1 Å². The van der Waals surface area contributed by atoms with Gasteiger partial charge in [-0.25, -0.2) is 0 Å². The lowest BCUT2D eigenvalue weighted by Gasteiger charge is -2.19. The number of carbonyl (C=O) groups excluding carboxylic acids is 2. The lowest BCUT2D eigenvalue weighted by Crippen LogP contribution is -2.21. The molecule has 0 aliphatic heterocycles. The minimum atomic E-state index is -0.198. The van der Waals surface area contributed by atoms with Crippen molar-refractivity contribution in [3.8, 4) is 0 Å². The van der Waals surface area contributed by atoms with Crippen LogP contribution in [0.5, 0.6) is 0 Å². The van der Waals surface area contributed by atoms with Gasteiger partial charge in [0.25, 0.3) is 0 Å². The molecule has 2 aromatic rings. The average Bonchev–Trinajstić information content (AvgIpc) is 2.87. The molecule has 1 N–H and O–H groups in total. The van der Waals surface area contributed by atoms with Crippen LogP contribution in [0.15, 0.2) is 24.4 Å². The summed E-state index contributed by atoms with van der Waals surface area (Å²) >= 11 is 0. The molecular formula is C15H18N2O3. The van der Waals surface area contributed by atoms with E-state index in [1.807, 2.05) is 30.1 Å². The van der Waals surface area contributed by atoms with Crippen molar-refractivity contribution in [3.63, 3.8) is 0 Å². The van der Waals surface area contributed by atoms with E-state index >= 15 is 0 Å². The number of ether oxygens (including phenoxy) is 1. The van der Waals surface area contributed by atoms with Crippen LogP contribution < -0.4 is 4.90 Å². The first kappa shape index (κ1) is 14.1. The van der Waals surface area contributed by atoms with Gasteiger partial charge < -0.3 is 14.6 Å². The number of nitrogens with zero attached hydrogens (tertiary/aromatic N) is 1. The van der Waals surface area contributed by atoms with E-state index in [-0.39, 0.29) is 5.97 Å². The minimum absolute atomic E-state index is 0.198.